The first-order valence-corrected chi connectivity index (χ1v) is 7.05. The molecule has 5 heteroatoms. The number of hydrogen-bond acceptors (Lipinski definition) is 4. The molecular formula is C16H17ClN2O2. The van der Waals surface area contributed by atoms with Crippen molar-refractivity contribution in [2.45, 2.75) is 13.5 Å². The van der Waals surface area contributed by atoms with Crippen LogP contribution in [0.2, 0.25) is 5.02 Å². The number of para-hydroxylation sites is 1. The Morgan fingerprint density at radius 1 is 1.19 bits per heavy atom. The topological polar surface area (TPSA) is 64.3 Å². The molecule has 0 saturated heterocycles. The second kappa shape index (κ2) is 7.11. The Labute approximate surface area is 128 Å². The second-order valence-corrected chi connectivity index (χ2v) is 4.77. The van der Waals surface area contributed by atoms with Gasteiger partial charge in [0.25, 0.3) is 0 Å². The summed E-state index contributed by atoms with van der Waals surface area (Å²) >= 11 is 6.14. The number of ether oxygens (including phenoxy) is 1. The maximum atomic E-state index is 12.0. The summed E-state index contributed by atoms with van der Waals surface area (Å²) < 4.78 is 5.06. The highest BCUT2D eigenvalue weighted by molar-refractivity contribution is 6.31. The number of halogens is 1. The van der Waals surface area contributed by atoms with E-state index in [9.17, 15) is 4.79 Å². The molecule has 0 amide bonds. The maximum Gasteiger partial charge on any atom is 0.340 e. The molecular weight excluding hydrogens is 288 g/mol. The SMILES string of the molecule is CCOC(=O)c1ccccc1Nc1cccc(Cl)c1CN. The average molecular weight is 305 g/mol. The minimum absolute atomic E-state index is 0.309. The van der Waals surface area contributed by atoms with Crippen LogP contribution in [0.15, 0.2) is 42.5 Å². The van der Waals surface area contributed by atoms with Crippen molar-refractivity contribution in [1.82, 2.24) is 0 Å². The molecule has 2 aromatic rings. The molecule has 0 fully saturated rings. The predicted octanol–water partition coefficient (Wildman–Crippen LogP) is 3.72. The van der Waals surface area contributed by atoms with E-state index in [0.29, 0.717) is 29.4 Å². The predicted molar refractivity (Wildman–Crippen MR) is 85.0 cm³/mol. The van der Waals surface area contributed by atoms with Crippen molar-refractivity contribution in [3.05, 3.63) is 58.6 Å². The van der Waals surface area contributed by atoms with Crippen LogP contribution in [-0.2, 0) is 11.3 Å². The van der Waals surface area contributed by atoms with Gasteiger partial charge in [-0.3, -0.25) is 0 Å². The molecule has 0 aliphatic heterocycles. The van der Waals surface area contributed by atoms with E-state index in [1.165, 1.54) is 0 Å². The zero-order chi connectivity index (χ0) is 15.2. The first kappa shape index (κ1) is 15.4. The van der Waals surface area contributed by atoms with Crippen molar-refractivity contribution in [3.63, 3.8) is 0 Å². The van der Waals surface area contributed by atoms with Gasteiger partial charge >= 0.3 is 5.97 Å². The standard InChI is InChI=1S/C16H17ClN2O2/c1-2-21-16(20)11-6-3-4-8-14(11)19-15-9-5-7-13(17)12(15)10-18/h3-9,19H,2,10,18H2,1H3. The monoisotopic (exact) mass is 304 g/mol. The third-order valence-electron chi connectivity index (χ3n) is 3.01. The number of anilines is 2. The number of carbonyl (C=O) groups excluding carboxylic acids is 1. The van der Waals surface area contributed by atoms with Gasteiger partial charge in [-0.05, 0) is 31.2 Å². The molecule has 0 saturated carbocycles. The molecule has 2 aromatic carbocycles. The lowest BCUT2D eigenvalue weighted by atomic mass is 10.1. The Bertz CT molecular complexity index is 644. The summed E-state index contributed by atoms with van der Waals surface area (Å²) in [6.45, 7) is 2.42. The third kappa shape index (κ3) is 3.54. The molecule has 0 aromatic heterocycles. The quantitative estimate of drug-likeness (QED) is 0.826. The Morgan fingerprint density at radius 3 is 2.62 bits per heavy atom. The van der Waals surface area contributed by atoms with Crippen LogP contribution >= 0.6 is 11.6 Å². The molecule has 0 radical (unpaired) electrons. The van der Waals surface area contributed by atoms with E-state index in [0.717, 1.165) is 11.3 Å². The largest absolute Gasteiger partial charge is 0.462 e. The van der Waals surface area contributed by atoms with Gasteiger partial charge in [0.2, 0.25) is 0 Å². The van der Waals surface area contributed by atoms with Crippen molar-refractivity contribution in [2.24, 2.45) is 5.73 Å². The maximum absolute atomic E-state index is 12.0. The van der Waals surface area contributed by atoms with Crippen LogP contribution in [0.5, 0.6) is 0 Å². The average Bonchev–Trinajstić information content (AvgIpc) is 2.48. The van der Waals surface area contributed by atoms with Crippen molar-refractivity contribution in [3.8, 4) is 0 Å². The Morgan fingerprint density at radius 2 is 1.90 bits per heavy atom. The van der Waals surface area contributed by atoms with Gasteiger partial charge in [-0.2, -0.15) is 0 Å². The number of hydrogen-bond donors (Lipinski definition) is 2. The number of rotatable bonds is 5. The number of nitrogens with one attached hydrogen (secondary N) is 1. The van der Waals surface area contributed by atoms with Crippen LogP contribution in [-0.4, -0.2) is 12.6 Å². The molecule has 0 heterocycles. The van der Waals surface area contributed by atoms with Gasteiger partial charge in [0.15, 0.2) is 0 Å². The number of benzene rings is 2. The van der Waals surface area contributed by atoms with Crippen molar-refractivity contribution < 1.29 is 9.53 Å². The summed E-state index contributed by atoms with van der Waals surface area (Å²) in [5, 5.41) is 3.80. The molecule has 0 aliphatic rings. The van der Waals surface area contributed by atoms with Gasteiger partial charge < -0.3 is 15.8 Å². The summed E-state index contributed by atoms with van der Waals surface area (Å²) in [6, 6.07) is 12.6. The first-order valence-electron chi connectivity index (χ1n) is 6.68. The minimum Gasteiger partial charge on any atom is -0.462 e. The zero-order valence-corrected chi connectivity index (χ0v) is 12.5. The first-order chi connectivity index (χ1) is 10.2. The number of esters is 1. The van der Waals surface area contributed by atoms with E-state index in [4.69, 9.17) is 22.1 Å². The summed E-state index contributed by atoms with van der Waals surface area (Å²) in [5.41, 5.74) is 8.45. The van der Waals surface area contributed by atoms with Crippen LogP contribution < -0.4 is 11.1 Å². The Kier molecular flexibility index (Phi) is 5.20. The lowest BCUT2D eigenvalue weighted by Gasteiger charge is -2.14. The Hall–Kier alpha value is -2.04. The lowest BCUT2D eigenvalue weighted by Crippen LogP contribution is -2.09. The van der Waals surface area contributed by atoms with Crippen LogP contribution in [0.3, 0.4) is 0 Å². The third-order valence-corrected chi connectivity index (χ3v) is 3.37. The summed E-state index contributed by atoms with van der Waals surface area (Å²) in [7, 11) is 0. The van der Waals surface area contributed by atoms with Crippen molar-refractivity contribution >= 4 is 28.9 Å². The Balaban J connectivity index is 2.36. The smallest absolute Gasteiger partial charge is 0.340 e. The van der Waals surface area contributed by atoms with E-state index in [1.807, 2.05) is 24.3 Å². The van der Waals surface area contributed by atoms with E-state index in [1.54, 1.807) is 25.1 Å². The van der Waals surface area contributed by atoms with Gasteiger partial charge in [0.05, 0.1) is 17.9 Å². The fourth-order valence-corrected chi connectivity index (χ4v) is 2.26. The summed E-state index contributed by atoms with van der Waals surface area (Å²) in [5.74, 6) is -0.364. The highest BCUT2D eigenvalue weighted by Crippen LogP contribution is 2.28. The zero-order valence-electron chi connectivity index (χ0n) is 11.7. The van der Waals surface area contributed by atoms with Crippen molar-refractivity contribution in [2.75, 3.05) is 11.9 Å². The van der Waals surface area contributed by atoms with Crippen molar-refractivity contribution in [1.29, 1.82) is 0 Å². The molecule has 3 N–H and O–H groups in total. The van der Waals surface area contributed by atoms with Gasteiger partial charge in [0, 0.05) is 22.8 Å². The number of nitrogens with two attached hydrogens (primary N) is 1. The van der Waals surface area contributed by atoms with Gasteiger partial charge in [0.1, 0.15) is 0 Å². The van der Waals surface area contributed by atoms with Crippen LogP contribution in [0.4, 0.5) is 11.4 Å². The van der Waals surface area contributed by atoms with E-state index < -0.39 is 0 Å². The fourth-order valence-electron chi connectivity index (χ4n) is 2.01. The van der Waals surface area contributed by atoms with E-state index in [-0.39, 0.29) is 5.97 Å². The summed E-state index contributed by atoms with van der Waals surface area (Å²) in [4.78, 5) is 12.0. The van der Waals surface area contributed by atoms with Gasteiger partial charge in [-0.15, -0.1) is 0 Å². The normalized spacial score (nSPS) is 10.2. The second-order valence-electron chi connectivity index (χ2n) is 4.36. The molecule has 0 unspecified atom stereocenters. The molecule has 0 atom stereocenters. The fraction of sp³-hybridized carbons (Fsp3) is 0.188. The highest BCUT2D eigenvalue weighted by Gasteiger charge is 2.13. The molecule has 0 bridgehead atoms. The lowest BCUT2D eigenvalue weighted by molar-refractivity contribution is 0.0527. The van der Waals surface area contributed by atoms with E-state index >= 15 is 0 Å². The molecule has 21 heavy (non-hydrogen) atoms. The minimum atomic E-state index is -0.364. The molecule has 110 valence electrons. The summed E-state index contributed by atoms with van der Waals surface area (Å²) in [6.07, 6.45) is 0. The molecule has 2 rings (SSSR count). The van der Waals surface area contributed by atoms with Crippen LogP contribution in [0, 0.1) is 0 Å². The molecule has 0 spiro atoms. The van der Waals surface area contributed by atoms with Crippen LogP contribution in [0.25, 0.3) is 0 Å². The van der Waals surface area contributed by atoms with Gasteiger partial charge in [-0.25, -0.2) is 4.79 Å². The molecule has 4 nitrogen and oxygen atoms in total. The number of carbonyl (C=O) groups is 1. The van der Waals surface area contributed by atoms with Gasteiger partial charge in [-0.1, -0.05) is 29.8 Å². The van der Waals surface area contributed by atoms with E-state index in [2.05, 4.69) is 5.32 Å². The molecule has 0 aliphatic carbocycles. The highest BCUT2D eigenvalue weighted by atomic mass is 35.5. The van der Waals surface area contributed by atoms with Crippen LogP contribution in [0.1, 0.15) is 22.8 Å².